The van der Waals surface area contributed by atoms with Gasteiger partial charge in [0.15, 0.2) is 0 Å². The first-order valence-corrected chi connectivity index (χ1v) is 23.0. The number of aromatic nitrogens is 2. The average molecular weight is 1140 g/mol. The molecule has 0 spiro atoms. The van der Waals surface area contributed by atoms with E-state index in [9.17, 15) is 9.59 Å². The zero-order chi connectivity index (χ0) is 64.5. The number of nitrogens with zero attached hydrogens (tertiary/aromatic N) is 3. The number of aromatic amines is 2. The second kappa shape index (κ2) is 32.9. The summed E-state index contributed by atoms with van der Waals surface area (Å²) >= 11 is 5.39. The number of rotatable bonds is 14. The zero-order valence-corrected chi connectivity index (χ0v) is 48.1. The fourth-order valence-electron chi connectivity index (χ4n) is 6.90. The first kappa shape index (κ1) is 36.7. The number of carbonyl (C=O) groups is 1. The Morgan fingerprint density at radius 1 is 0.686 bits per heavy atom. The number of carbonyl (C=O) groups excluding carboxylic acids is 1. The molecule has 2 saturated heterocycles. The molecule has 0 atom stereocenters. The van der Waals surface area contributed by atoms with Crippen LogP contribution in [0.1, 0.15) is 54.3 Å². The molecule has 0 amide bonds. The molecule has 10 rings (SSSR count). The number of nitrogens with one attached hydrogen (secondary N) is 3. The third-order valence-electron chi connectivity index (χ3n) is 9.95. The molecule has 4 aromatic heterocycles. The molecular weight excluding hydrogens is 1070 g/mol. The number of alkyl halides is 1. The number of halogens is 2. The van der Waals surface area contributed by atoms with Crippen molar-refractivity contribution in [2.24, 2.45) is 0 Å². The van der Waals surface area contributed by atoms with Gasteiger partial charge in [0.05, 0.1) is 35.1 Å². The first-order chi connectivity index (χ1) is 40.4. The minimum absolute atomic E-state index is 0. The zero-order valence-electron chi connectivity index (χ0n) is 58.8. The number of hydrogen-bond acceptors (Lipinski definition) is 13. The van der Waals surface area contributed by atoms with E-state index >= 15 is 0 Å². The van der Waals surface area contributed by atoms with Crippen molar-refractivity contribution in [2.75, 3.05) is 87.1 Å². The fraction of sp³-hybridized carbons (Fsp3) is 0.314. The van der Waals surface area contributed by atoms with Gasteiger partial charge in [-0.05, 0) is 126 Å². The molecule has 13 nitrogen and oxygen atoms in total. The Bertz CT molecular complexity index is 3900. The summed E-state index contributed by atoms with van der Waals surface area (Å²) in [6, 6.07) is 22.4. The summed E-state index contributed by atoms with van der Waals surface area (Å²) in [4.78, 5) is 44.6. The maximum atomic E-state index is 11.7. The van der Waals surface area contributed by atoms with Crippen molar-refractivity contribution in [3.05, 3.63) is 141 Å². The number of hydrogen-bond donors (Lipinski definition) is 3. The van der Waals surface area contributed by atoms with Gasteiger partial charge in [-0.2, -0.15) is 0 Å². The number of H-pyrrole nitrogens is 2. The van der Waals surface area contributed by atoms with Gasteiger partial charge >= 0.3 is 103 Å². The second-order valence-corrected chi connectivity index (χ2v) is 16.3. The molecule has 0 radical (unpaired) electrons. The molecule has 0 saturated carbocycles. The van der Waals surface area contributed by atoms with Gasteiger partial charge < -0.3 is 46.1 Å². The predicted molar refractivity (Wildman–Crippen MR) is 285 cm³/mol. The van der Waals surface area contributed by atoms with Crippen LogP contribution in [-0.4, -0.2) is 98.6 Å². The summed E-state index contributed by atoms with van der Waals surface area (Å²) in [5.74, 6) is -0.308. The van der Waals surface area contributed by atoms with E-state index in [1.807, 2.05) is 27.8 Å². The van der Waals surface area contributed by atoms with E-state index in [1.165, 1.54) is 65.9 Å². The Morgan fingerprint density at radius 2 is 1.16 bits per heavy atom. The summed E-state index contributed by atoms with van der Waals surface area (Å²) in [6.45, 7) is -5.44. The number of benzene rings is 4. The van der Waals surface area contributed by atoms with Crippen LogP contribution in [0.5, 0.6) is 11.5 Å². The van der Waals surface area contributed by atoms with Gasteiger partial charge in [-0.15, -0.1) is 35.1 Å². The van der Waals surface area contributed by atoms with E-state index < -0.39 is 55.9 Å². The first-order valence-electron chi connectivity index (χ1n) is 30.4. The smallest absolute Gasteiger partial charge is 1.00 e. The van der Waals surface area contributed by atoms with Gasteiger partial charge in [0, 0.05) is 130 Å². The third-order valence-corrected chi connectivity index (χ3v) is 11.8. The standard InChI is InChI=1S/C25H27N3O2S.C13H14BrNO2.C12H14N2S.CH2O3.ClH.2K.H/c29-25-9-7-19-6-8-20(18-22(19)26-25)30-16-2-1-11-27-12-14-28(15-13-27)23-4-3-5-24-21(23)10-17-31-24;14-7-1-2-8-17-11-5-3-10-4-6-13(16)15-12(10)9-11;1-2-11(14-7-5-13-6-8-14)10-4-9-15-12(10)3-1;2-1-4-3;;;;/h3-10,17-18H,1-2,11-16H2,(H,26,29);3-6,9H,1-2,7-8H2,(H,15,16);1-4,9,13H,5-8H2;1,3H;1H;;;/q;;;;;2*+1;-1/p-1/i1D2,2D2,4D,5D,11D2,16D2;1D2,2D2,7D2,8D2;2D,3D;;;;;. The normalized spacial score (nSPS) is 19.1. The molecule has 4 aromatic carbocycles. The van der Waals surface area contributed by atoms with Crippen LogP contribution in [0.15, 0.2) is 129 Å². The van der Waals surface area contributed by atoms with Gasteiger partial charge in [0.25, 0.3) is 6.47 Å². The summed E-state index contributed by atoms with van der Waals surface area (Å²) in [5, 5.41) is 15.8. The van der Waals surface area contributed by atoms with E-state index in [0.717, 1.165) is 56.9 Å². The molecule has 70 heavy (non-hydrogen) atoms. The molecule has 0 unspecified atom stereocenters. The van der Waals surface area contributed by atoms with E-state index in [0.29, 0.717) is 39.6 Å². The van der Waals surface area contributed by atoms with Crippen LogP contribution in [0.4, 0.5) is 11.4 Å². The van der Waals surface area contributed by atoms with Gasteiger partial charge in [0.2, 0.25) is 11.1 Å². The summed E-state index contributed by atoms with van der Waals surface area (Å²) in [6.07, 6.45) is -13.5. The van der Waals surface area contributed by atoms with E-state index in [4.69, 9.17) is 46.9 Å². The quantitative estimate of drug-likeness (QED) is 0.0484. The molecule has 0 aliphatic carbocycles. The van der Waals surface area contributed by atoms with Crippen molar-refractivity contribution in [3.8, 4) is 11.5 Å². The number of pyridine rings is 2. The van der Waals surface area contributed by atoms with Crippen molar-refractivity contribution in [2.45, 2.75) is 25.5 Å². The Labute approximate surface area is 545 Å². The summed E-state index contributed by atoms with van der Waals surface area (Å²) < 4.78 is 174. The molecule has 2 fully saturated rings. The SMILES string of the molecule is Cl.O=CO[O-].[2H]C([2H])(Br)C([2H])([2H])C([2H])([2H])C([2H])([2H])Oc1ccc2ccc(=O)[nH]c2c1.[2H]c1cc([2H])c2sccc2c1N1CCN(C([2H])([2H])C([2H])([2H])C([2H])([2H])C([2H])([2H])Oc2ccc3ccc(=O)[nH]c3c2)CC1.[2H]c1cc([2H])c2sccc2c1N1CCNCC1.[H-].[K+].[K+]. The molecule has 362 valence electrons. The maximum absolute atomic E-state index is 11.7. The Morgan fingerprint density at radius 3 is 1.64 bits per heavy atom. The van der Waals surface area contributed by atoms with Crippen LogP contribution < -0.4 is 144 Å². The van der Waals surface area contributed by atoms with Gasteiger partial charge in [-0.25, -0.2) is 0 Å². The molecular formula is C51H58BrClK2N6O7S2. The molecule has 6 heterocycles. The van der Waals surface area contributed by atoms with Crippen LogP contribution in [0.2, 0.25) is 0 Å². The minimum atomic E-state index is -3.47. The number of piperazine rings is 2. The van der Waals surface area contributed by atoms with E-state index in [-0.39, 0.29) is 178 Å². The molecule has 0 bridgehead atoms. The third kappa shape index (κ3) is 18.3. The summed E-state index contributed by atoms with van der Waals surface area (Å²) in [7, 11) is 0. The van der Waals surface area contributed by atoms with Crippen LogP contribution in [-0.2, 0) is 9.68 Å². The van der Waals surface area contributed by atoms with Crippen molar-refractivity contribution in [3.63, 3.8) is 0 Å². The Hall–Kier alpha value is -2.19. The van der Waals surface area contributed by atoms with Crippen molar-refractivity contribution in [1.29, 1.82) is 0 Å². The summed E-state index contributed by atoms with van der Waals surface area (Å²) in [5.41, 5.74) is 1.48. The van der Waals surface area contributed by atoms with Crippen molar-refractivity contribution < 1.29 is 156 Å². The second-order valence-electron chi connectivity index (χ2n) is 14.1. The minimum Gasteiger partial charge on any atom is -1.00 e. The Balaban J connectivity index is 0.000000369. The predicted octanol–water partition coefficient (Wildman–Crippen LogP) is 3.09. The average Bonchev–Trinajstić information content (AvgIpc) is 1.34. The van der Waals surface area contributed by atoms with E-state index in [1.54, 1.807) is 29.5 Å². The van der Waals surface area contributed by atoms with Crippen LogP contribution in [0, 0.1) is 0 Å². The number of thiophene rings is 2. The molecule has 2 aliphatic heterocycles. The monoisotopic (exact) mass is 1140 g/mol. The molecule has 8 aromatic rings. The van der Waals surface area contributed by atoms with Crippen molar-refractivity contribution >= 4 is 111 Å². The van der Waals surface area contributed by atoms with Gasteiger partial charge in [0.1, 0.15) is 11.5 Å². The van der Waals surface area contributed by atoms with Crippen LogP contribution >= 0.6 is 51.0 Å². The fourth-order valence-corrected chi connectivity index (χ4v) is 8.52. The number of fused-ring (bicyclic) bond motifs is 4. The maximum Gasteiger partial charge on any atom is 1.00 e. The van der Waals surface area contributed by atoms with Crippen LogP contribution in [0.25, 0.3) is 42.0 Å². The van der Waals surface area contributed by atoms with Gasteiger partial charge in [-0.3, -0.25) is 19.3 Å². The largest absolute Gasteiger partial charge is 1.00 e. The Kier molecular flexibility index (Phi) is 17.2. The number of anilines is 2. The van der Waals surface area contributed by atoms with Crippen LogP contribution in [0.3, 0.4) is 0 Å². The topological polar surface area (TPSA) is 155 Å². The number of ether oxygens (including phenoxy) is 2. The molecule has 3 N–H and O–H groups in total. The van der Waals surface area contributed by atoms with Gasteiger partial charge in [-0.1, -0.05) is 28.1 Å². The molecule has 19 heteroatoms. The molecule has 2 aliphatic rings. The van der Waals surface area contributed by atoms with E-state index in [2.05, 4.69) is 41.0 Å². The van der Waals surface area contributed by atoms with Crippen molar-refractivity contribution in [1.82, 2.24) is 20.2 Å².